The minimum atomic E-state index is 0.159. The lowest BCUT2D eigenvalue weighted by Gasteiger charge is -2.24. The summed E-state index contributed by atoms with van der Waals surface area (Å²) in [6, 6.07) is 0.159. The van der Waals surface area contributed by atoms with Crippen molar-refractivity contribution < 1.29 is 0 Å². The molecule has 114 valence electrons. The maximum absolute atomic E-state index is 4.64. The third-order valence-electron chi connectivity index (χ3n) is 4.02. The summed E-state index contributed by atoms with van der Waals surface area (Å²) in [4.78, 5) is 14.8. The average molecular weight is 314 g/mol. The lowest BCUT2D eigenvalue weighted by atomic mass is 10.1. The molecule has 0 saturated carbocycles. The highest BCUT2D eigenvalue weighted by atomic mass is 32.1. The van der Waals surface area contributed by atoms with Crippen LogP contribution in [0.5, 0.6) is 0 Å². The molecule has 3 aromatic heterocycles. The summed E-state index contributed by atoms with van der Waals surface area (Å²) in [5.41, 5.74) is 1.22. The number of fused-ring (bicyclic) bond motifs is 2. The molecule has 0 aromatic carbocycles. The van der Waals surface area contributed by atoms with E-state index in [9.17, 15) is 0 Å². The van der Waals surface area contributed by atoms with Gasteiger partial charge in [0.05, 0.1) is 11.4 Å². The van der Waals surface area contributed by atoms with Crippen molar-refractivity contribution in [1.29, 1.82) is 0 Å². The molecule has 7 heteroatoms. The van der Waals surface area contributed by atoms with Crippen molar-refractivity contribution in [2.24, 2.45) is 0 Å². The van der Waals surface area contributed by atoms with Crippen molar-refractivity contribution in [2.75, 3.05) is 5.32 Å². The fraction of sp³-hybridized carbons (Fsp3) is 0.467. The second-order valence-electron chi connectivity index (χ2n) is 5.80. The Morgan fingerprint density at radius 1 is 1.18 bits per heavy atom. The van der Waals surface area contributed by atoms with E-state index in [4.69, 9.17) is 0 Å². The largest absolute Gasteiger partial charge is 0.359 e. The second kappa shape index (κ2) is 5.01. The van der Waals surface area contributed by atoms with Crippen LogP contribution in [0.15, 0.2) is 5.38 Å². The SMILES string of the molecule is Cc1nc(NC2CCCn3nc(C)nc32)c2c(C)csc2n1. The Hall–Kier alpha value is -2.02. The van der Waals surface area contributed by atoms with Crippen molar-refractivity contribution in [2.45, 2.75) is 46.2 Å². The number of hydrogen-bond acceptors (Lipinski definition) is 6. The Morgan fingerprint density at radius 3 is 2.91 bits per heavy atom. The molecule has 0 aliphatic carbocycles. The molecule has 22 heavy (non-hydrogen) atoms. The lowest BCUT2D eigenvalue weighted by Crippen LogP contribution is -2.23. The molecular weight excluding hydrogens is 296 g/mol. The minimum absolute atomic E-state index is 0.159. The zero-order chi connectivity index (χ0) is 15.3. The van der Waals surface area contributed by atoms with Crippen molar-refractivity contribution in [1.82, 2.24) is 24.7 Å². The first kappa shape index (κ1) is 13.6. The molecule has 0 radical (unpaired) electrons. The fourth-order valence-corrected chi connectivity index (χ4v) is 4.03. The maximum atomic E-state index is 4.64. The first-order chi connectivity index (χ1) is 10.6. The molecule has 0 spiro atoms. The molecule has 6 nitrogen and oxygen atoms in total. The van der Waals surface area contributed by atoms with Gasteiger partial charge in [0.15, 0.2) is 0 Å². The van der Waals surface area contributed by atoms with Gasteiger partial charge in [0.25, 0.3) is 0 Å². The summed E-state index contributed by atoms with van der Waals surface area (Å²) < 4.78 is 2.02. The summed E-state index contributed by atoms with van der Waals surface area (Å²) in [7, 11) is 0. The molecule has 1 aliphatic rings. The van der Waals surface area contributed by atoms with Crippen molar-refractivity contribution in [3.05, 3.63) is 28.4 Å². The van der Waals surface area contributed by atoms with Crippen molar-refractivity contribution in [3.63, 3.8) is 0 Å². The summed E-state index contributed by atoms with van der Waals surface area (Å²) in [6.45, 7) is 6.94. The first-order valence-electron chi connectivity index (χ1n) is 7.52. The lowest BCUT2D eigenvalue weighted by molar-refractivity contribution is 0.437. The summed E-state index contributed by atoms with van der Waals surface area (Å²) in [5, 5.41) is 11.3. The Balaban J connectivity index is 1.77. The Kier molecular flexibility index (Phi) is 3.11. The van der Waals surface area contributed by atoms with Crippen LogP contribution in [-0.2, 0) is 6.54 Å². The van der Waals surface area contributed by atoms with E-state index < -0.39 is 0 Å². The third-order valence-corrected chi connectivity index (χ3v) is 5.01. The number of thiophene rings is 1. The Bertz CT molecular complexity index is 849. The highest BCUT2D eigenvalue weighted by molar-refractivity contribution is 7.17. The molecule has 4 heterocycles. The number of nitrogens with zero attached hydrogens (tertiary/aromatic N) is 5. The predicted octanol–water partition coefficient (Wildman–Crippen LogP) is 3.16. The maximum Gasteiger partial charge on any atom is 0.149 e. The van der Waals surface area contributed by atoms with E-state index in [1.807, 2.05) is 18.5 Å². The molecule has 0 amide bonds. The number of rotatable bonds is 2. The number of aromatic nitrogens is 5. The molecule has 1 N–H and O–H groups in total. The molecule has 1 unspecified atom stereocenters. The topological polar surface area (TPSA) is 68.5 Å². The van der Waals surface area contributed by atoms with Crippen LogP contribution in [0.25, 0.3) is 10.2 Å². The van der Waals surface area contributed by atoms with E-state index in [1.54, 1.807) is 11.3 Å². The van der Waals surface area contributed by atoms with Crippen LogP contribution in [0.2, 0.25) is 0 Å². The van der Waals surface area contributed by atoms with Gasteiger partial charge in [-0.25, -0.2) is 19.6 Å². The van der Waals surface area contributed by atoms with E-state index in [-0.39, 0.29) is 6.04 Å². The number of nitrogens with one attached hydrogen (secondary N) is 1. The van der Waals surface area contributed by atoms with Crippen molar-refractivity contribution in [3.8, 4) is 0 Å². The van der Waals surface area contributed by atoms with Crippen LogP contribution in [0.4, 0.5) is 5.82 Å². The summed E-state index contributed by atoms with van der Waals surface area (Å²) in [6.07, 6.45) is 2.15. The van der Waals surface area contributed by atoms with Gasteiger partial charge in [-0.05, 0) is 44.6 Å². The molecule has 4 rings (SSSR count). The van der Waals surface area contributed by atoms with Gasteiger partial charge in [0.2, 0.25) is 0 Å². The standard InChI is InChI=1S/C15H18N6S/c1-8-7-22-15-12(8)13(16-9(2)18-15)19-11-5-4-6-21-14(11)17-10(3)20-21/h7,11H,4-6H2,1-3H3,(H,16,18,19). The van der Waals surface area contributed by atoms with Gasteiger partial charge >= 0.3 is 0 Å². The van der Waals surface area contributed by atoms with E-state index >= 15 is 0 Å². The van der Waals surface area contributed by atoms with Gasteiger partial charge in [-0.15, -0.1) is 11.3 Å². The molecule has 3 aromatic rings. The van der Waals surface area contributed by atoms with Gasteiger partial charge in [-0.1, -0.05) is 0 Å². The molecule has 0 saturated heterocycles. The van der Waals surface area contributed by atoms with Crippen LogP contribution in [-0.4, -0.2) is 24.7 Å². The zero-order valence-electron chi connectivity index (χ0n) is 12.9. The van der Waals surface area contributed by atoms with Crippen LogP contribution in [0, 0.1) is 20.8 Å². The van der Waals surface area contributed by atoms with Gasteiger partial charge in [-0.3, -0.25) is 0 Å². The molecule has 1 atom stereocenters. The normalized spacial score (nSPS) is 17.7. The average Bonchev–Trinajstić information content (AvgIpc) is 3.02. The van der Waals surface area contributed by atoms with Crippen molar-refractivity contribution >= 4 is 27.4 Å². The third kappa shape index (κ3) is 2.16. The van der Waals surface area contributed by atoms with Crippen LogP contribution >= 0.6 is 11.3 Å². The highest BCUT2D eigenvalue weighted by Crippen LogP contribution is 2.33. The monoisotopic (exact) mass is 314 g/mol. The van der Waals surface area contributed by atoms with E-state index in [0.29, 0.717) is 0 Å². The number of anilines is 1. The van der Waals surface area contributed by atoms with E-state index in [1.165, 1.54) is 5.56 Å². The smallest absolute Gasteiger partial charge is 0.149 e. The van der Waals surface area contributed by atoms with E-state index in [2.05, 4.69) is 37.7 Å². The van der Waals surface area contributed by atoms with E-state index in [0.717, 1.165) is 52.9 Å². The predicted molar refractivity (Wildman–Crippen MR) is 87.2 cm³/mol. The van der Waals surface area contributed by atoms with Gasteiger partial charge in [0, 0.05) is 6.54 Å². The molecule has 1 aliphatic heterocycles. The van der Waals surface area contributed by atoms with Gasteiger partial charge in [-0.2, -0.15) is 5.10 Å². The number of aryl methyl sites for hydroxylation is 4. The molecular formula is C15H18N6S. The Morgan fingerprint density at radius 2 is 2.05 bits per heavy atom. The Labute approximate surface area is 132 Å². The second-order valence-corrected chi connectivity index (χ2v) is 6.66. The number of hydrogen-bond donors (Lipinski definition) is 1. The molecule has 0 bridgehead atoms. The first-order valence-corrected chi connectivity index (χ1v) is 8.40. The quantitative estimate of drug-likeness (QED) is 0.787. The summed E-state index contributed by atoms with van der Waals surface area (Å²) in [5.74, 6) is 3.56. The minimum Gasteiger partial charge on any atom is -0.359 e. The fourth-order valence-electron chi connectivity index (χ4n) is 3.07. The van der Waals surface area contributed by atoms with Gasteiger partial charge < -0.3 is 5.32 Å². The molecule has 0 fully saturated rings. The summed E-state index contributed by atoms with van der Waals surface area (Å²) >= 11 is 1.67. The zero-order valence-corrected chi connectivity index (χ0v) is 13.7. The van der Waals surface area contributed by atoms with Crippen LogP contribution in [0.1, 0.15) is 41.9 Å². The van der Waals surface area contributed by atoms with Crippen LogP contribution in [0.3, 0.4) is 0 Å². The van der Waals surface area contributed by atoms with Gasteiger partial charge in [0.1, 0.15) is 28.1 Å². The highest BCUT2D eigenvalue weighted by Gasteiger charge is 2.25. The van der Waals surface area contributed by atoms with Crippen LogP contribution < -0.4 is 5.32 Å².